The number of likely N-dealkylation sites (N-methyl/N-ethyl adjacent to an activating group) is 1. The predicted molar refractivity (Wildman–Crippen MR) is 91.1 cm³/mol. The third-order valence-electron chi connectivity index (χ3n) is 3.49. The standard InChI is InChI=1S/C16H31N5/c1-8-9-17-15-12(4)16(19-13(5)18-15)20-14(11(2)3)10-21(6)7/h11,14H,8-10H2,1-7H3,(H2,17,18,19,20). The molecule has 0 saturated carbocycles. The summed E-state index contributed by atoms with van der Waals surface area (Å²) in [6.07, 6.45) is 1.08. The first-order valence-electron chi connectivity index (χ1n) is 7.85. The fourth-order valence-corrected chi connectivity index (χ4v) is 2.18. The lowest BCUT2D eigenvalue weighted by molar-refractivity contribution is 0.344. The zero-order valence-electron chi connectivity index (χ0n) is 14.6. The van der Waals surface area contributed by atoms with Crippen molar-refractivity contribution in [1.29, 1.82) is 0 Å². The van der Waals surface area contributed by atoms with Gasteiger partial charge in [0.25, 0.3) is 0 Å². The maximum atomic E-state index is 4.59. The van der Waals surface area contributed by atoms with Crippen molar-refractivity contribution in [2.75, 3.05) is 37.8 Å². The highest BCUT2D eigenvalue weighted by Crippen LogP contribution is 2.22. The number of aromatic nitrogens is 2. The minimum absolute atomic E-state index is 0.368. The van der Waals surface area contributed by atoms with E-state index in [1.165, 1.54) is 0 Å². The van der Waals surface area contributed by atoms with Crippen molar-refractivity contribution < 1.29 is 0 Å². The molecule has 0 aliphatic heterocycles. The first-order valence-corrected chi connectivity index (χ1v) is 7.85. The third kappa shape index (κ3) is 5.50. The fourth-order valence-electron chi connectivity index (χ4n) is 2.18. The Bertz CT molecular complexity index is 443. The van der Waals surface area contributed by atoms with Crippen LogP contribution in [-0.2, 0) is 0 Å². The lowest BCUT2D eigenvalue weighted by atomic mass is 10.0. The maximum Gasteiger partial charge on any atom is 0.135 e. The van der Waals surface area contributed by atoms with Crippen LogP contribution < -0.4 is 10.6 Å². The molecule has 5 heteroatoms. The zero-order valence-corrected chi connectivity index (χ0v) is 14.6. The number of hydrogen-bond acceptors (Lipinski definition) is 5. The van der Waals surface area contributed by atoms with Crippen LogP contribution in [-0.4, -0.2) is 48.1 Å². The molecule has 1 heterocycles. The summed E-state index contributed by atoms with van der Waals surface area (Å²) in [4.78, 5) is 11.3. The van der Waals surface area contributed by atoms with E-state index in [0.717, 1.165) is 42.5 Å². The average molecular weight is 293 g/mol. The van der Waals surface area contributed by atoms with E-state index in [1.54, 1.807) is 0 Å². The molecule has 1 aromatic heterocycles. The highest BCUT2D eigenvalue weighted by Gasteiger charge is 2.17. The van der Waals surface area contributed by atoms with Crippen LogP contribution in [0.2, 0.25) is 0 Å². The van der Waals surface area contributed by atoms with E-state index in [1.807, 2.05) is 6.92 Å². The molecule has 0 amide bonds. The second kappa shape index (κ2) is 8.17. The number of nitrogens with zero attached hydrogens (tertiary/aromatic N) is 3. The average Bonchev–Trinajstić information content (AvgIpc) is 2.39. The maximum absolute atomic E-state index is 4.59. The molecule has 120 valence electrons. The van der Waals surface area contributed by atoms with Crippen molar-refractivity contribution in [2.45, 2.75) is 47.1 Å². The largest absolute Gasteiger partial charge is 0.370 e. The van der Waals surface area contributed by atoms with Crippen molar-refractivity contribution in [1.82, 2.24) is 14.9 Å². The van der Waals surface area contributed by atoms with E-state index in [0.29, 0.717) is 12.0 Å². The molecule has 0 fully saturated rings. The van der Waals surface area contributed by atoms with Crippen LogP contribution in [0.25, 0.3) is 0 Å². The molecule has 0 bridgehead atoms. The highest BCUT2D eigenvalue weighted by molar-refractivity contribution is 5.57. The van der Waals surface area contributed by atoms with Crippen LogP contribution in [0.1, 0.15) is 38.6 Å². The van der Waals surface area contributed by atoms with Gasteiger partial charge in [-0.25, -0.2) is 9.97 Å². The monoisotopic (exact) mass is 293 g/mol. The zero-order chi connectivity index (χ0) is 16.0. The lowest BCUT2D eigenvalue weighted by Crippen LogP contribution is -2.37. The molecule has 5 nitrogen and oxygen atoms in total. The van der Waals surface area contributed by atoms with Crippen LogP contribution in [0.3, 0.4) is 0 Å². The number of aryl methyl sites for hydroxylation is 1. The molecule has 1 rings (SSSR count). The minimum Gasteiger partial charge on any atom is -0.370 e. The van der Waals surface area contributed by atoms with Gasteiger partial charge in [-0.05, 0) is 40.3 Å². The van der Waals surface area contributed by atoms with Gasteiger partial charge in [0.2, 0.25) is 0 Å². The van der Waals surface area contributed by atoms with Crippen LogP contribution in [0.15, 0.2) is 0 Å². The quantitative estimate of drug-likeness (QED) is 0.772. The van der Waals surface area contributed by atoms with Crippen molar-refractivity contribution in [3.8, 4) is 0 Å². The molecule has 0 aliphatic rings. The Balaban J connectivity index is 2.97. The number of nitrogens with one attached hydrogen (secondary N) is 2. The highest BCUT2D eigenvalue weighted by atomic mass is 15.1. The van der Waals surface area contributed by atoms with E-state index in [-0.39, 0.29) is 0 Å². The Morgan fingerprint density at radius 3 is 2.24 bits per heavy atom. The van der Waals surface area contributed by atoms with Crippen LogP contribution in [0.4, 0.5) is 11.6 Å². The van der Waals surface area contributed by atoms with Crippen LogP contribution in [0.5, 0.6) is 0 Å². The van der Waals surface area contributed by atoms with Crippen LogP contribution in [0, 0.1) is 19.8 Å². The number of rotatable bonds is 8. The number of hydrogen-bond donors (Lipinski definition) is 2. The second-order valence-electron chi connectivity index (χ2n) is 6.28. The Labute approximate surface area is 129 Å². The summed E-state index contributed by atoms with van der Waals surface area (Å²) in [5.41, 5.74) is 1.10. The molecule has 0 aliphatic carbocycles. The fraction of sp³-hybridized carbons (Fsp3) is 0.750. The topological polar surface area (TPSA) is 53.1 Å². The van der Waals surface area contributed by atoms with E-state index < -0.39 is 0 Å². The molecule has 0 saturated heterocycles. The molecule has 0 aromatic carbocycles. The molecule has 1 unspecified atom stereocenters. The lowest BCUT2D eigenvalue weighted by Gasteiger charge is -2.27. The van der Waals surface area contributed by atoms with Gasteiger partial charge < -0.3 is 15.5 Å². The van der Waals surface area contributed by atoms with Gasteiger partial charge in [-0.1, -0.05) is 20.8 Å². The van der Waals surface area contributed by atoms with Gasteiger partial charge in [-0.15, -0.1) is 0 Å². The molecule has 1 aromatic rings. The number of anilines is 2. The summed E-state index contributed by atoms with van der Waals surface area (Å²) in [5, 5.41) is 6.99. The van der Waals surface area contributed by atoms with E-state index in [2.05, 4.69) is 67.3 Å². The van der Waals surface area contributed by atoms with Crippen molar-refractivity contribution in [2.24, 2.45) is 5.92 Å². The molecule has 0 spiro atoms. The Hall–Kier alpha value is -1.36. The molecule has 21 heavy (non-hydrogen) atoms. The minimum atomic E-state index is 0.368. The summed E-state index contributed by atoms with van der Waals surface area (Å²) < 4.78 is 0. The second-order valence-corrected chi connectivity index (χ2v) is 6.28. The van der Waals surface area contributed by atoms with Gasteiger partial charge in [0.1, 0.15) is 17.5 Å². The van der Waals surface area contributed by atoms with Crippen molar-refractivity contribution in [3.05, 3.63) is 11.4 Å². The van der Waals surface area contributed by atoms with E-state index >= 15 is 0 Å². The molecular formula is C16H31N5. The Kier molecular flexibility index (Phi) is 6.89. The molecule has 0 radical (unpaired) electrons. The van der Waals surface area contributed by atoms with Crippen LogP contribution >= 0.6 is 0 Å². The van der Waals surface area contributed by atoms with E-state index in [4.69, 9.17) is 0 Å². The summed E-state index contributed by atoms with van der Waals surface area (Å²) in [6.45, 7) is 12.6. The smallest absolute Gasteiger partial charge is 0.135 e. The van der Waals surface area contributed by atoms with Gasteiger partial charge in [0.05, 0.1) is 0 Å². The normalized spacial score (nSPS) is 12.8. The van der Waals surface area contributed by atoms with Gasteiger partial charge >= 0.3 is 0 Å². The summed E-state index contributed by atoms with van der Waals surface area (Å²) >= 11 is 0. The Morgan fingerprint density at radius 2 is 1.71 bits per heavy atom. The molecule has 1 atom stereocenters. The van der Waals surface area contributed by atoms with Crippen molar-refractivity contribution >= 4 is 11.6 Å². The van der Waals surface area contributed by atoms with Gasteiger partial charge in [-0.2, -0.15) is 0 Å². The summed E-state index contributed by atoms with van der Waals surface area (Å²) in [7, 11) is 4.20. The molecule has 2 N–H and O–H groups in total. The molecular weight excluding hydrogens is 262 g/mol. The third-order valence-corrected chi connectivity index (χ3v) is 3.49. The van der Waals surface area contributed by atoms with E-state index in [9.17, 15) is 0 Å². The predicted octanol–water partition coefficient (Wildman–Crippen LogP) is 2.91. The summed E-state index contributed by atoms with van der Waals surface area (Å²) in [6, 6.07) is 0.368. The summed E-state index contributed by atoms with van der Waals surface area (Å²) in [5.74, 6) is 3.23. The van der Waals surface area contributed by atoms with Gasteiger partial charge in [0, 0.05) is 24.7 Å². The SMILES string of the molecule is CCCNc1nc(C)nc(NC(CN(C)C)C(C)C)c1C. The van der Waals surface area contributed by atoms with Gasteiger partial charge in [-0.3, -0.25) is 0 Å². The van der Waals surface area contributed by atoms with Crippen molar-refractivity contribution in [3.63, 3.8) is 0 Å². The first-order chi connectivity index (χ1) is 9.85. The first kappa shape index (κ1) is 17.7. The Morgan fingerprint density at radius 1 is 1.10 bits per heavy atom. The van der Waals surface area contributed by atoms with Gasteiger partial charge in [0.15, 0.2) is 0 Å².